The number of fused-ring (bicyclic) bond motifs is 4. The third kappa shape index (κ3) is 1.06. The van der Waals surface area contributed by atoms with Gasteiger partial charge in [0.2, 0.25) is 0 Å². The average molecular weight is 226 g/mol. The van der Waals surface area contributed by atoms with Crippen LogP contribution in [0.15, 0.2) is 41.6 Å². The summed E-state index contributed by atoms with van der Waals surface area (Å²) >= 11 is 1.85. The average Bonchev–Trinajstić information content (AvgIpc) is 2.86. The van der Waals surface area contributed by atoms with E-state index in [0.717, 1.165) is 17.8 Å². The molecule has 1 aliphatic heterocycles. The van der Waals surface area contributed by atoms with Gasteiger partial charge in [-0.1, -0.05) is 36.0 Å². The molecule has 1 aromatic heterocycles. The highest BCUT2D eigenvalue weighted by molar-refractivity contribution is 7.99. The SMILES string of the molecule is c1ccc2cc3c(cc2c1)nc1n3CCS1. The van der Waals surface area contributed by atoms with Crippen LogP contribution in [-0.2, 0) is 6.54 Å². The van der Waals surface area contributed by atoms with Crippen LogP contribution in [0.3, 0.4) is 0 Å². The van der Waals surface area contributed by atoms with Gasteiger partial charge >= 0.3 is 0 Å². The molecule has 0 bridgehead atoms. The molecule has 0 saturated heterocycles. The number of imidazole rings is 1. The lowest BCUT2D eigenvalue weighted by atomic mass is 10.1. The van der Waals surface area contributed by atoms with Crippen LogP contribution >= 0.6 is 11.8 Å². The molecule has 0 spiro atoms. The predicted octanol–water partition coefficient (Wildman–Crippen LogP) is 3.30. The van der Waals surface area contributed by atoms with Gasteiger partial charge in [0.15, 0.2) is 5.16 Å². The summed E-state index contributed by atoms with van der Waals surface area (Å²) in [6, 6.07) is 12.9. The zero-order valence-corrected chi connectivity index (χ0v) is 9.50. The lowest BCUT2D eigenvalue weighted by Gasteiger charge is -2.00. The maximum atomic E-state index is 4.67. The number of thioether (sulfide) groups is 1. The highest BCUT2D eigenvalue weighted by Gasteiger charge is 2.16. The highest BCUT2D eigenvalue weighted by atomic mass is 32.2. The minimum absolute atomic E-state index is 1.09. The lowest BCUT2D eigenvalue weighted by molar-refractivity contribution is 0.743. The minimum Gasteiger partial charge on any atom is -0.318 e. The van der Waals surface area contributed by atoms with Crippen LogP contribution < -0.4 is 0 Å². The third-order valence-electron chi connectivity index (χ3n) is 3.13. The van der Waals surface area contributed by atoms with Gasteiger partial charge in [0, 0.05) is 12.3 Å². The van der Waals surface area contributed by atoms with E-state index in [0.29, 0.717) is 0 Å². The number of hydrogen-bond acceptors (Lipinski definition) is 2. The Morgan fingerprint density at radius 1 is 1.12 bits per heavy atom. The van der Waals surface area contributed by atoms with Gasteiger partial charge in [-0.25, -0.2) is 4.98 Å². The molecule has 2 nitrogen and oxygen atoms in total. The first-order chi connectivity index (χ1) is 7.92. The van der Waals surface area contributed by atoms with Crippen molar-refractivity contribution in [3.8, 4) is 0 Å². The van der Waals surface area contributed by atoms with Crippen molar-refractivity contribution in [3.63, 3.8) is 0 Å². The number of aryl methyl sites for hydroxylation is 1. The van der Waals surface area contributed by atoms with E-state index < -0.39 is 0 Å². The van der Waals surface area contributed by atoms with E-state index >= 15 is 0 Å². The Morgan fingerprint density at radius 2 is 1.94 bits per heavy atom. The molecule has 0 amide bonds. The fraction of sp³-hybridized carbons (Fsp3) is 0.154. The normalized spacial score (nSPS) is 14.8. The second-order valence-electron chi connectivity index (χ2n) is 4.08. The summed E-state index contributed by atoms with van der Waals surface area (Å²) in [6.45, 7) is 1.09. The lowest BCUT2D eigenvalue weighted by Crippen LogP contribution is -1.92. The summed E-state index contributed by atoms with van der Waals surface area (Å²) < 4.78 is 2.33. The van der Waals surface area contributed by atoms with Crippen molar-refractivity contribution < 1.29 is 0 Å². The maximum Gasteiger partial charge on any atom is 0.169 e. The van der Waals surface area contributed by atoms with E-state index in [1.165, 1.54) is 21.4 Å². The van der Waals surface area contributed by atoms with Crippen molar-refractivity contribution in [2.24, 2.45) is 0 Å². The van der Waals surface area contributed by atoms with Crippen molar-refractivity contribution in [2.45, 2.75) is 11.7 Å². The maximum absolute atomic E-state index is 4.67. The second-order valence-corrected chi connectivity index (χ2v) is 5.14. The molecule has 0 radical (unpaired) electrons. The Bertz CT molecular complexity index is 700. The van der Waals surface area contributed by atoms with Crippen LogP contribution in [0.5, 0.6) is 0 Å². The number of aromatic nitrogens is 2. The molecular weight excluding hydrogens is 216 g/mol. The smallest absolute Gasteiger partial charge is 0.169 e. The molecule has 1 aliphatic rings. The highest BCUT2D eigenvalue weighted by Crippen LogP contribution is 2.31. The van der Waals surface area contributed by atoms with E-state index in [2.05, 4.69) is 45.9 Å². The first kappa shape index (κ1) is 8.65. The summed E-state index contributed by atoms with van der Waals surface area (Å²) in [6.07, 6.45) is 0. The van der Waals surface area contributed by atoms with Crippen molar-refractivity contribution in [2.75, 3.05) is 5.75 Å². The molecule has 2 heterocycles. The first-order valence-corrected chi connectivity index (χ1v) is 6.42. The summed E-state index contributed by atoms with van der Waals surface area (Å²) in [4.78, 5) is 4.67. The van der Waals surface area contributed by atoms with Gasteiger partial charge in [-0.3, -0.25) is 0 Å². The van der Waals surface area contributed by atoms with Crippen LogP contribution in [0.1, 0.15) is 0 Å². The van der Waals surface area contributed by atoms with Gasteiger partial charge in [-0.2, -0.15) is 0 Å². The molecule has 2 aromatic carbocycles. The fourth-order valence-corrected chi connectivity index (χ4v) is 3.31. The molecular formula is C13H10N2S. The Labute approximate surface area is 97.3 Å². The summed E-state index contributed by atoms with van der Waals surface area (Å²) in [5, 5.41) is 3.75. The first-order valence-electron chi connectivity index (χ1n) is 5.44. The second kappa shape index (κ2) is 3.01. The molecule has 0 fully saturated rings. The van der Waals surface area contributed by atoms with Gasteiger partial charge in [0.1, 0.15) is 0 Å². The van der Waals surface area contributed by atoms with Gasteiger partial charge in [-0.05, 0) is 22.9 Å². The largest absolute Gasteiger partial charge is 0.318 e. The molecule has 0 atom stereocenters. The van der Waals surface area contributed by atoms with Crippen LogP contribution in [0.4, 0.5) is 0 Å². The van der Waals surface area contributed by atoms with Gasteiger partial charge in [-0.15, -0.1) is 0 Å². The van der Waals surface area contributed by atoms with Crippen LogP contribution in [0.25, 0.3) is 21.8 Å². The number of nitrogens with zero attached hydrogens (tertiary/aromatic N) is 2. The van der Waals surface area contributed by atoms with Gasteiger partial charge in [0.25, 0.3) is 0 Å². The quantitative estimate of drug-likeness (QED) is 0.585. The van der Waals surface area contributed by atoms with Crippen molar-refractivity contribution in [1.82, 2.24) is 9.55 Å². The molecule has 3 heteroatoms. The molecule has 78 valence electrons. The Hall–Kier alpha value is -1.48. The zero-order valence-electron chi connectivity index (χ0n) is 8.68. The molecule has 0 aliphatic carbocycles. The molecule has 0 unspecified atom stereocenters. The Balaban J connectivity index is 2.17. The van der Waals surface area contributed by atoms with Gasteiger partial charge < -0.3 is 4.57 Å². The van der Waals surface area contributed by atoms with Crippen molar-refractivity contribution in [3.05, 3.63) is 36.4 Å². The van der Waals surface area contributed by atoms with E-state index in [-0.39, 0.29) is 0 Å². The van der Waals surface area contributed by atoms with E-state index in [9.17, 15) is 0 Å². The van der Waals surface area contributed by atoms with Crippen molar-refractivity contribution >= 4 is 33.6 Å². The Morgan fingerprint density at radius 3 is 2.81 bits per heavy atom. The van der Waals surface area contributed by atoms with Gasteiger partial charge in [0.05, 0.1) is 11.0 Å². The molecule has 0 saturated carbocycles. The zero-order chi connectivity index (χ0) is 10.5. The number of hydrogen-bond donors (Lipinski definition) is 0. The van der Waals surface area contributed by atoms with Crippen LogP contribution in [0.2, 0.25) is 0 Å². The molecule has 3 aromatic rings. The fourth-order valence-electron chi connectivity index (χ4n) is 2.34. The molecule has 16 heavy (non-hydrogen) atoms. The minimum atomic E-state index is 1.09. The molecule has 4 rings (SSSR count). The van der Waals surface area contributed by atoms with E-state index in [1.807, 2.05) is 11.8 Å². The third-order valence-corrected chi connectivity index (χ3v) is 4.08. The standard InChI is InChI=1S/C13H10N2S/c1-2-4-10-8-12-11(7-9(10)3-1)14-13-15(12)5-6-16-13/h1-4,7-8H,5-6H2. The van der Waals surface area contributed by atoms with E-state index in [1.54, 1.807) is 0 Å². The topological polar surface area (TPSA) is 17.8 Å². The summed E-state index contributed by atoms with van der Waals surface area (Å²) in [5.74, 6) is 1.16. The van der Waals surface area contributed by atoms with E-state index in [4.69, 9.17) is 0 Å². The predicted molar refractivity (Wildman–Crippen MR) is 68.0 cm³/mol. The van der Waals surface area contributed by atoms with Crippen LogP contribution in [-0.4, -0.2) is 15.3 Å². The van der Waals surface area contributed by atoms with Crippen LogP contribution in [0, 0.1) is 0 Å². The summed E-state index contributed by atoms with van der Waals surface area (Å²) in [7, 11) is 0. The summed E-state index contributed by atoms with van der Waals surface area (Å²) in [5.41, 5.74) is 2.40. The number of benzene rings is 2. The Kier molecular flexibility index (Phi) is 1.63. The number of rotatable bonds is 0. The van der Waals surface area contributed by atoms with Crippen molar-refractivity contribution in [1.29, 1.82) is 0 Å². The molecule has 0 N–H and O–H groups in total. The monoisotopic (exact) mass is 226 g/mol.